The third-order valence-electron chi connectivity index (χ3n) is 1.89. The number of esters is 1. The minimum absolute atomic E-state index is 0.180. The number of carbonyl (C=O) groups is 2. The third kappa shape index (κ3) is 3.72. The Morgan fingerprint density at radius 3 is 2.88 bits per heavy atom. The zero-order valence-corrected chi connectivity index (χ0v) is 9.40. The Balaban J connectivity index is 2.28. The van der Waals surface area contributed by atoms with Crippen molar-refractivity contribution in [2.24, 2.45) is 7.05 Å². The second kappa shape index (κ2) is 5.89. The first-order chi connectivity index (χ1) is 7.63. The van der Waals surface area contributed by atoms with Gasteiger partial charge in [0.15, 0.2) is 0 Å². The van der Waals surface area contributed by atoms with Crippen LogP contribution < -0.4 is 5.32 Å². The lowest BCUT2D eigenvalue weighted by Crippen LogP contribution is -2.26. The summed E-state index contributed by atoms with van der Waals surface area (Å²) in [5.41, 5.74) is 0.478. The van der Waals surface area contributed by atoms with Crippen molar-refractivity contribution >= 4 is 11.9 Å². The summed E-state index contributed by atoms with van der Waals surface area (Å²) in [6, 6.07) is 0. The van der Waals surface area contributed by atoms with Gasteiger partial charge in [-0.05, 0) is 6.92 Å². The van der Waals surface area contributed by atoms with E-state index in [0.29, 0.717) is 12.2 Å². The largest absolute Gasteiger partial charge is 0.466 e. The van der Waals surface area contributed by atoms with Gasteiger partial charge >= 0.3 is 5.97 Å². The molecule has 0 atom stereocenters. The summed E-state index contributed by atoms with van der Waals surface area (Å²) in [5.74, 6) is -0.550. The van der Waals surface area contributed by atoms with Crippen molar-refractivity contribution in [1.29, 1.82) is 0 Å². The maximum Gasteiger partial charge on any atom is 0.307 e. The number of nitrogens with one attached hydrogen (secondary N) is 1. The fourth-order valence-corrected chi connectivity index (χ4v) is 1.15. The van der Waals surface area contributed by atoms with Crippen molar-refractivity contribution in [1.82, 2.24) is 15.1 Å². The monoisotopic (exact) mass is 225 g/mol. The number of rotatable bonds is 5. The van der Waals surface area contributed by atoms with Crippen LogP contribution in [0.15, 0.2) is 12.4 Å². The van der Waals surface area contributed by atoms with Gasteiger partial charge in [0.1, 0.15) is 0 Å². The van der Waals surface area contributed by atoms with Gasteiger partial charge in [0.2, 0.25) is 0 Å². The molecule has 6 heteroatoms. The van der Waals surface area contributed by atoms with Crippen molar-refractivity contribution in [3.05, 3.63) is 18.0 Å². The maximum atomic E-state index is 11.5. The van der Waals surface area contributed by atoms with E-state index < -0.39 is 0 Å². The van der Waals surface area contributed by atoms with Crippen LogP contribution in [0.4, 0.5) is 0 Å². The molecular formula is C10H15N3O3. The lowest BCUT2D eigenvalue weighted by Gasteiger charge is -2.03. The maximum absolute atomic E-state index is 11.5. The Morgan fingerprint density at radius 1 is 1.56 bits per heavy atom. The fraction of sp³-hybridized carbons (Fsp3) is 0.500. The minimum atomic E-state index is -0.311. The van der Waals surface area contributed by atoms with Crippen LogP contribution in [0.3, 0.4) is 0 Å². The van der Waals surface area contributed by atoms with E-state index in [9.17, 15) is 9.59 Å². The first-order valence-electron chi connectivity index (χ1n) is 5.06. The van der Waals surface area contributed by atoms with E-state index in [0.717, 1.165) is 0 Å². The number of hydrogen-bond acceptors (Lipinski definition) is 4. The molecule has 16 heavy (non-hydrogen) atoms. The molecule has 0 aliphatic carbocycles. The summed E-state index contributed by atoms with van der Waals surface area (Å²) in [6.07, 6.45) is 3.26. The predicted octanol–water partition coefficient (Wildman–Crippen LogP) is 0.103. The smallest absolute Gasteiger partial charge is 0.307 e. The molecule has 1 aromatic heterocycles. The van der Waals surface area contributed by atoms with Crippen molar-refractivity contribution < 1.29 is 14.3 Å². The lowest BCUT2D eigenvalue weighted by molar-refractivity contribution is -0.142. The zero-order chi connectivity index (χ0) is 12.0. The molecule has 0 saturated heterocycles. The Bertz CT molecular complexity index is 373. The average Bonchev–Trinajstić information content (AvgIpc) is 2.65. The number of ether oxygens (including phenoxy) is 1. The molecule has 0 bridgehead atoms. The molecule has 0 aliphatic rings. The normalized spacial score (nSPS) is 9.88. The van der Waals surface area contributed by atoms with E-state index >= 15 is 0 Å². The molecule has 1 amide bonds. The molecule has 1 N–H and O–H groups in total. The average molecular weight is 225 g/mol. The molecule has 0 fully saturated rings. The van der Waals surface area contributed by atoms with Gasteiger partial charge in [0, 0.05) is 19.8 Å². The highest BCUT2D eigenvalue weighted by Gasteiger charge is 2.08. The molecule has 0 saturated carbocycles. The molecule has 0 spiro atoms. The van der Waals surface area contributed by atoms with Crippen LogP contribution in [0, 0.1) is 0 Å². The quantitative estimate of drug-likeness (QED) is 0.721. The first-order valence-corrected chi connectivity index (χ1v) is 5.06. The van der Waals surface area contributed by atoms with E-state index in [4.69, 9.17) is 4.74 Å². The molecule has 0 aromatic carbocycles. The lowest BCUT2D eigenvalue weighted by atomic mass is 10.3. The molecule has 0 unspecified atom stereocenters. The van der Waals surface area contributed by atoms with Crippen LogP contribution in [0.2, 0.25) is 0 Å². The SMILES string of the molecule is CCOC(=O)CCNC(=O)c1cnn(C)c1. The first kappa shape index (κ1) is 12.2. The van der Waals surface area contributed by atoms with Crippen LogP contribution in [-0.4, -0.2) is 34.8 Å². The summed E-state index contributed by atoms with van der Waals surface area (Å²) >= 11 is 0. The number of aromatic nitrogens is 2. The van der Waals surface area contributed by atoms with Gasteiger partial charge in [-0.3, -0.25) is 14.3 Å². The molecule has 1 heterocycles. The van der Waals surface area contributed by atoms with E-state index in [1.165, 1.54) is 6.20 Å². The molecule has 0 radical (unpaired) electrons. The summed E-state index contributed by atoms with van der Waals surface area (Å²) < 4.78 is 6.27. The predicted molar refractivity (Wildman–Crippen MR) is 56.8 cm³/mol. The second-order valence-electron chi connectivity index (χ2n) is 3.21. The van der Waals surface area contributed by atoms with Crippen LogP contribution in [0.1, 0.15) is 23.7 Å². The van der Waals surface area contributed by atoms with Crippen molar-refractivity contribution in [3.8, 4) is 0 Å². The summed E-state index contributed by atoms with van der Waals surface area (Å²) in [5, 5.41) is 6.48. The summed E-state index contributed by atoms with van der Waals surface area (Å²) in [7, 11) is 1.73. The molecular weight excluding hydrogens is 210 g/mol. The number of aryl methyl sites for hydroxylation is 1. The van der Waals surface area contributed by atoms with Gasteiger partial charge in [0.05, 0.1) is 24.8 Å². The Morgan fingerprint density at radius 2 is 2.31 bits per heavy atom. The molecule has 1 rings (SSSR count). The van der Waals surface area contributed by atoms with Gasteiger partial charge in [-0.25, -0.2) is 0 Å². The van der Waals surface area contributed by atoms with Crippen LogP contribution in [0.5, 0.6) is 0 Å². The fourth-order valence-electron chi connectivity index (χ4n) is 1.15. The van der Waals surface area contributed by atoms with E-state index in [-0.39, 0.29) is 24.8 Å². The van der Waals surface area contributed by atoms with E-state index in [2.05, 4.69) is 10.4 Å². The topological polar surface area (TPSA) is 73.2 Å². The molecule has 6 nitrogen and oxygen atoms in total. The van der Waals surface area contributed by atoms with E-state index in [1.54, 1.807) is 24.9 Å². The van der Waals surface area contributed by atoms with Gasteiger partial charge in [-0.15, -0.1) is 0 Å². The standard InChI is InChI=1S/C10H15N3O3/c1-3-16-9(14)4-5-11-10(15)8-6-12-13(2)7-8/h6-7H,3-5H2,1-2H3,(H,11,15). The van der Waals surface area contributed by atoms with Crippen LogP contribution in [0.25, 0.3) is 0 Å². The number of nitrogens with zero attached hydrogens (tertiary/aromatic N) is 2. The van der Waals surface area contributed by atoms with Crippen molar-refractivity contribution in [3.63, 3.8) is 0 Å². The number of carbonyl (C=O) groups excluding carboxylic acids is 2. The zero-order valence-electron chi connectivity index (χ0n) is 9.40. The van der Waals surface area contributed by atoms with Gasteiger partial charge in [0.25, 0.3) is 5.91 Å². The third-order valence-corrected chi connectivity index (χ3v) is 1.89. The molecule has 88 valence electrons. The van der Waals surface area contributed by atoms with E-state index in [1.807, 2.05) is 0 Å². The summed E-state index contributed by atoms with van der Waals surface area (Å²) in [4.78, 5) is 22.5. The van der Waals surface area contributed by atoms with Crippen LogP contribution >= 0.6 is 0 Å². The highest BCUT2D eigenvalue weighted by atomic mass is 16.5. The highest BCUT2D eigenvalue weighted by molar-refractivity contribution is 5.93. The Labute approximate surface area is 93.6 Å². The van der Waals surface area contributed by atoms with Crippen LogP contribution in [-0.2, 0) is 16.6 Å². The van der Waals surface area contributed by atoms with Gasteiger partial charge in [-0.2, -0.15) is 5.10 Å². The summed E-state index contributed by atoms with van der Waals surface area (Å²) in [6.45, 7) is 2.37. The molecule has 0 aliphatic heterocycles. The highest BCUT2D eigenvalue weighted by Crippen LogP contribution is 1.95. The Kier molecular flexibility index (Phi) is 4.50. The van der Waals surface area contributed by atoms with Crippen molar-refractivity contribution in [2.45, 2.75) is 13.3 Å². The van der Waals surface area contributed by atoms with Gasteiger partial charge in [-0.1, -0.05) is 0 Å². The molecule has 1 aromatic rings. The second-order valence-corrected chi connectivity index (χ2v) is 3.21. The van der Waals surface area contributed by atoms with Gasteiger partial charge < -0.3 is 10.1 Å². The number of hydrogen-bond donors (Lipinski definition) is 1. The Hall–Kier alpha value is -1.85. The minimum Gasteiger partial charge on any atom is -0.466 e. The number of amides is 1. The van der Waals surface area contributed by atoms with Crippen molar-refractivity contribution in [2.75, 3.05) is 13.2 Å².